The molecule has 10 heteroatoms. The van der Waals surface area contributed by atoms with Crippen LogP contribution in [0.15, 0.2) is 29.8 Å². The number of piperidine rings is 1. The number of rotatable bonds is 9. The van der Waals surface area contributed by atoms with Crippen LogP contribution in [-0.2, 0) is 11.3 Å². The van der Waals surface area contributed by atoms with E-state index >= 15 is 0 Å². The lowest BCUT2D eigenvalue weighted by molar-refractivity contribution is -0.911. The lowest BCUT2D eigenvalue weighted by Gasteiger charge is -2.29. The smallest absolute Gasteiger partial charge is 0.303 e. The third-order valence-electron chi connectivity index (χ3n) is 7.51. The molecule has 0 amide bonds. The molecule has 2 fully saturated rings. The second-order valence-electron chi connectivity index (χ2n) is 10.4. The Morgan fingerprint density at radius 3 is 2.87 bits per heavy atom. The predicted octanol–water partition coefficient (Wildman–Crippen LogP) is 2.50. The van der Waals surface area contributed by atoms with Gasteiger partial charge in [0.1, 0.15) is 23.7 Å². The molecule has 2 aliphatic heterocycles. The SMILES string of the molecule is Cc1cc2cccnc2c(N2CCC[NH+](Cc3csc(N4CCC(O)CC4)n3)CC2)c1OCCCC(=O)O. The zero-order chi connectivity index (χ0) is 26.5. The van der Waals surface area contributed by atoms with Crippen molar-refractivity contribution in [2.75, 3.05) is 55.7 Å². The van der Waals surface area contributed by atoms with Gasteiger partial charge < -0.3 is 29.6 Å². The summed E-state index contributed by atoms with van der Waals surface area (Å²) in [7, 11) is 0. The van der Waals surface area contributed by atoms with Gasteiger partial charge in [-0.1, -0.05) is 6.07 Å². The second kappa shape index (κ2) is 12.3. The molecule has 0 aliphatic carbocycles. The lowest BCUT2D eigenvalue weighted by atomic mass is 10.1. The minimum Gasteiger partial charge on any atom is -0.491 e. The first-order chi connectivity index (χ1) is 18.5. The number of ether oxygens (including phenoxy) is 1. The molecule has 38 heavy (non-hydrogen) atoms. The highest BCUT2D eigenvalue weighted by Gasteiger charge is 2.25. The number of aliphatic hydroxyl groups is 1. The number of pyridine rings is 1. The number of aliphatic hydroxyl groups excluding tert-OH is 1. The Balaban J connectivity index is 1.28. The van der Waals surface area contributed by atoms with Crippen molar-refractivity contribution in [3.63, 3.8) is 0 Å². The summed E-state index contributed by atoms with van der Waals surface area (Å²) in [5.74, 6) is 0.0177. The van der Waals surface area contributed by atoms with Gasteiger partial charge in [-0.25, -0.2) is 4.98 Å². The first-order valence-electron chi connectivity index (χ1n) is 13.7. The van der Waals surface area contributed by atoms with Crippen LogP contribution < -0.4 is 19.4 Å². The van der Waals surface area contributed by atoms with Crippen molar-refractivity contribution >= 4 is 39.0 Å². The molecular formula is C28H38N5O4S+. The van der Waals surface area contributed by atoms with Crippen molar-refractivity contribution in [2.24, 2.45) is 0 Å². The average molecular weight is 541 g/mol. The van der Waals surface area contributed by atoms with Crippen molar-refractivity contribution in [2.45, 2.75) is 51.7 Å². The van der Waals surface area contributed by atoms with E-state index in [0.717, 1.165) is 104 Å². The molecule has 4 heterocycles. The number of nitrogens with one attached hydrogen (secondary N) is 1. The number of nitrogens with zero attached hydrogens (tertiary/aromatic N) is 4. The maximum Gasteiger partial charge on any atom is 0.303 e. The van der Waals surface area contributed by atoms with Crippen LogP contribution in [0.3, 0.4) is 0 Å². The minimum absolute atomic E-state index is 0.0975. The molecule has 0 spiro atoms. The van der Waals surface area contributed by atoms with Gasteiger partial charge in [-0.2, -0.15) is 0 Å². The number of anilines is 2. The van der Waals surface area contributed by atoms with Gasteiger partial charge in [-0.3, -0.25) is 9.78 Å². The van der Waals surface area contributed by atoms with Gasteiger partial charge in [-0.05, 0) is 43.9 Å². The molecule has 1 aromatic carbocycles. The fourth-order valence-electron chi connectivity index (χ4n) is 5.48. The van der Waals surface area contributed by atoms with Crippen LogP contribution in [0, 0.1) is 6.92 Å². The van der Waals surface area contributed by atoms with Crippen LogP contribution in [0.2, 0.25) is 0 Å². The Bertz CT molecular complexity index is 1240. The number of hydrogen-bond acceptors (Lipinski definition) is 8. The number of hydrogen-bond donors (Lipinski definition) is 3. The Labute approximate surface area is 227 Å². The average Bonchev–Trinajstić information content (AvgIpc) is 3.25. The fraction of sp³-hybridized carbons (Fsp3) is 0.536. The molecule has 204 valence electrons. The molecule has 1 unspecified atom stereocenters. The molecule has 0 radical (unpaired) electrons. The third kappa shape index (κ3) is 6.36. The van der Waals surface area contributed by atoms with E-state index in [1.54, 1.807) is 11.3 Å². The number of benzene rings is 1. The number of quaternary nitrogens is 1. The van der Waals surface area contributed by atoms with Gasteiger partial charge in [0.25, 0.3) is 0 Å². The molecule has 0 saturated carbocycles. The van der Waals surface area contributed by atoms with E-state index in [1.165, 1.54) is 4.90 Å². The van der Waals surface area contributed by atoms with Crippen molar-refractivity contribution in [3.05, 3.63) is 41.0 Å². The van der Waals surface area contributed by atoms with E-state index in [1.807, 2.05) is 12.3 Å². The Hall–Kier alpha value is -2.95. The zero-order valence-electron chi connectivity index (χ0n) is 22.1. The van der Waals surface area contributed by atoms with Gasteiger partial charge >= 0.3 is 5.97 Å². The van der Waals surface area contributed by atoms with E-state index in [4.69, 9.17) is 19.8 Å². The molecule has 2 aliphatic rings. The van der Waals surface area contributed by atoms with Gasteiger partial charge in [0.15, 0.2) is 5.13 Å². The normalized spacial score (nSPS) is 19.1. The molecule has 2 aromatic heterocycles. The van der Waals surface area contributed by atoms with E-state index < -0.39 is 5.97 Å². The van der Waals surface area contributed by atoms with Crippen molar-refractivity contribution in [1.82, 2.24) is 9.97 Å². The number of fused-ring (bicyclic) bond motifs is 1. The standard InChI is InChI=1S/C28H37N5O4S/c1-20-17-21-5-2-9-29-25(21)26(27(20)37-16-3-6-24(35)36)32-11-4-10-31(14-15-32)18-22-19-38-28(30-22)33-12-7-23(34)8-13-33/h2,5,9,17,19,23,34H,3-4,6-8,10-16,18H2,1H3,(H,35,36)/p+1. The molecular weight excluding hydrogens is 502 g/mol. The highest BCUT2D eigenvalue weighted by atomic mass is 32.1. The van der Waals surface area contributed by atoms with E-state index in [2.05, 4.69) is 34.2 Å². The highest BCUT2D eigenvalue weighted by molar-refractivity contribution is 7.13. The number of carboxylic acid groups (broad SMARTS) is 1. The number of aryl methyl sites for hydroxylation is 1. The van der Waals surface area contributed by atoms with Crippen LogP contribution in [0.1, 0.15) is 43.4 Å². The maximum absolute atomic E-state index is 11.0. The zero-order valence-corrected chi connectivity index (χ0v) is 22.9. The van der Waals surface area contributed by atoms with Crippen LogP contribution in [0.5, 0.6) is 5.75 Å². The number of aromatic nitrogens is 2. The molecule has 2 saturated heterocycles. The summed E-state index contributed by atoms with van der Waals surface area (Å²) in [4.78, 5) is 26.9. The van der Waals surface area contributed by atoms with Gasteiger partial charge in [-0.15, -0.1) is 11.3 Å². The summed E-state index contributed by atoms with van der Waals surface area (Å²) in [5, 5.41) is 23.2. The molecule has 1 atom stereocenters. The quantitative estimate of drug-likeness (QED) is 0.356. The van der Waals surface area contributed by atoms with Crippen LogP contribution in [0.25, 0.3) is 10.9 Å². The summed E-state index contributed by atoms with van der Waals surface area (Å²) in [5.41, 5.74) is 4.15. The number of carboxylic acids is 1. The number of thiazole rings is 1. The molecule has 3 N–H and O–H groups in total. The van der Waals surface area contributed by atoms with E-state index in [0.29, 0.717) is 13.0 Å². The Kier molecular flexibility index (Phi) is 8.61. The van der Waals surface area contributed by atoms with Gasteiger partial charge in [0.2, 0.25) is 0 Å². The summed E-state index contributed by atoms with van der Waals surface area (Å²) >= 11 is 1.71. The van der Waals surface area contributed by atoms with Crippen molar-refractivity contribution in [3.8, 4) is 5.75 Å². The Morgan fingerprint density at radius 1 is 1.21 bits per heavy atom. The highest BCUT2D eigenvalue weighted by Crippen LogP contribution is 2.39. The molecule has 9 nitrogen and oxygen atoms in total. The lowest BCUT2D eigenvalue weighted by Crippen LogP contribution is -3.11. The predicted molar refractivity (Wildman–Crippen MR) is 150 cm³/mol. The largest absolute Gasteiger partial charge is 0.491 e. The van der Waals surface area contributed by atoms with E-state index in [-0.39, 0.29) is 12.5 Å². The molecule has 5 rings (SSSR count). The molecule has 0 bridgehead atoms. The van der Waals surface area contributed by atoms with Crippen molar-refractivity contribution < 1.29 is 24.6 Å². The van der Waals surface area contributed by atoms with Crippen LogP contribution in [-0.4, -0.2) is 78.1 Å². The summed E-state index contributed by atoms with van der Waals surface area (Å²) in [6.45, 7) is 8.95. The first kappa shape index (κ1) is 26.6. The van der Waals surface area contributed by atoms with Crippen molar-refractivity contribution in [1.29, 1.82) is 0 Å². The summed E-state index contributed by atoms with van der Waals surface area (Å²) in [6, 6.07) is 6.16. The third-order valence-corrected chi connectivity index (χ3v) is 8.46. The number of carbonyl (C=O) groups is 1. The van der Waals surface area contributed by atoms with E-state index in [9.17, 15) is 9.90 Å². The van der Waals surface area contributed by atoms with Gasteiger partial charge in [0, 0.05) is 49.4 Å². The first-order valence-corrected chi connectivity index (χ1v) is 14.5. The molecule has 3 aromatic rings. The van der Waals surface area contributed by atoms with Gasteiger partial charge in [0.05, 0.1) is 37.9 Å². The Morgan fingerprint density at radius 2 is 2.05 bits per heavy atom. The summed E-state index contributed by atoms with van der Waals surface area (Å²) in [6.07, 6.45) is 4.91. The summed E-state index contributed by atoms with van der Waals surface area (Å²) < 4.78 is 6.23. The maximum atomic E-state index is 11.0. The minimum atomic E-state index is -0.803. The number of aliphatic carboxylic acids is 1. The fourth-order valence-corrected chi connectivity index (χ4v) is 6.36. The monoisotopic (exact) mass is 540 g/mol. The second-order valence-corrected chi connectivity index (χ2v) is 11.2. The topological polar surface area (TPSA) is 103 Å². The van der Waals surface area contributed by atoms with Crippen LogP contribution in [0.4, 0.5) is 10.8 Å². The van der Waals surface area contributed by atoms with Crippen LogP contribution >= 0.6 is 11.3 Å².